The minimum Gasteiger partial charge on any atom is -0.497 e. The smallest absolute Gasteiger partial charge is 0.269 e. The molecule has 29 heavy (non-hydrogen) atoms. The Kier molecular flexibility index (Phi) is 5.18. The summed E-state index contributed by atoms with van der Waals surface area (Å²) in [5, 5.41) is 10.9. The third-order valence-corrected chi connectivity index (χ3v) is 4.88. The lowest BCUT2D eigenvalue weighted by atomic mass is 10.1. The highest BCUT2D eigenvalue weighted by Crippen LogP contribution is 2.26. The van der Waals surface area contributed by atoms with Crippen LogP contribution in [0.15, 0.2) is 48.5 Å². The van der Waals surface area contributed by atoms with Gasteiger partial charge >= 0.3 is 0 Å². The standard InChI is InChI=1S/C21H21FN4O3/c1-28-16-8-5-14(19(9-16)29-2)11-23-20-12-24-21(27)18-10-17(25-26(18)20)13-3-6-15(22)7-4-13/h3-10,20,23H,11-12H2,1-2H3,(H,24,27)/t20-/m1/s1. The largest absolute Gasteiger partial charge is 0.497 e. The number of nitrogens with zero attached hydrogens (tertiary/aromatic N) is 2. The average molecular weight is 396 g/mol. The second-order valence-corrected chi connectivity index (χ2v) is 6.65. The van der Waals surface area contributed by atoms with Gasteiger partial charge in [0.1, 0.15) is 29.2 Å². The van der Waals surface area contributed by atoms with E-state index in [2.05, 4.69) is 15.7 Å². The highest BCUT2D eigenvalue weighted by Gasteiger charge is 2.27. The summed E-state index contributed by atoms with van der Waals surface area (Å²) in [5.41, 5.74) is 2.77. The molecule has 0 radical (unpaired) electrons. The van der Waals surface area contributed by atoms with E-state index in [4.69, 9.17) is 9.47 Å². The highest BCUT2D eigenvalue weighted by molar-refractivity contribution is 5.94. The maximum Gasteiger partial charge on any atom is 0.269 e. The van der Waals surface area contributed by atoms with E-state index in [-0.39, 0.29) is 17.9 Å². The molecule has 0 unspecified atom stereocenters. The van der Waals surface area contributed by atoms with Gasteiger partial charge in [0.05, 0.1) is 26.5 Å². The summed E-state index contributed by atoms with van der Waals surface area (Å²) in [4.78, 5) is 12.3. The van der Waals surface area contributed by atoms with Gasteiger partial charge in [0.2, 0.25) is 0 Å². The van der Waals surface area contributed by atoms with Gasteiger partial charge in [-0.05, 0) is 36.4 Å². The lowest BCUT2D eigenvalue weighted by Crippen LogP contribution is -2.45. The second-order valence-electron chi connectivity index (χ2n) is 6.65. The molecule has 0 saturated carbocycles. The van der Waals surface area contributed by atoms with Crippen molar-refractivity contribution in [3.05, 3.63) is 65.6 Å². The van der Waals surface area contributed by atoms with E-state index < -0.39 is 0 Å². The van der Waals surface area contributed by atoms with Crippen molar-refractivity contribution in [3.63, 3.8) is 0 Å². The van der Waals surface area contributed by atoms with Gasteiger partial charge in [0.15, 0.2) is 0 Å². The van der Waals surface area contributed by atoms with Crippen LogP contribution in [0.1, 0.15) is 22.2 Å². The number of amides is 1. The van der Waals surface area contributed by atoms with Crippen molar-refractivity contribution in [1.29, 1.82) is 0 Å². The fourth-order valence-corrected chi connectivity index (χ4v) is 3.31. The van der Waals surface area contributed by atoms with E-state index in [1.165, 1.54) is 12.1 Å². The van der Waals surface area contributed by atoms with Crippen molar-refractivity contribution < 1.29 is 18.7 Å². The van der Waals surface area contributed by atoms with Gasteiger partial charge in [-0.3, -0.25) is 10.1 Å². The van der Waals surface area contributed by atoms with Gasteiger partial charge in [0, 0.05) is 23.7 Å². The van der Waals surface area contributed by atoms with Gasteiger partial charge in [-0.2, -0.15) is 5.10 Å². The van der Waals surface area contributed by atoms with Gasteiger partial charge in [-0.15, -0.1) is 0 Å². The molecule has 150 valence electrons. The Morgan fingerprint density at radius 3 is 2.69 bits per heavy atom. The Labute approximate surface area is 167 Å². The van der Waals surface area contributed by atoms with Crippen LogP contribution in [0.25, 0.3) is 11.3 Å². The maximum atomic E-state index is 13.2. The maximum absolute atomic E-state index is 13.2. The summed E-state index contributed by atoms with van der Waals surface area (Å²) < 4.78 is 25.6. The summed E-state index contributed by atoms with van der Waals surface area (Å²) in [7, 11) is 3.22. The first-order valence-electron chi connectivity index (χ1n) is 9.17. The molecule has 2 heterocycles. The van der Waals surface area contributed by atoms with E-state index in [1.54, 1.807) is 37.1 Å². The lowest BCUT2D eigenvalue weighted by Gasteiger charge is -2.26. The highest BCUT2D eigenvalue weighted by atomic mass is 19.1. The molecule has 7 nitrogen and oxygen atoms in total. The number of hydrogen-bond donors (Lipinski definition) is 2. The van der Waals surface area contributed by atoms with Gasteiger partial charge in [0.25, 0.3) is 5.91 Å². The van der Waals surface area contributed by atoms with Crippen LogP contribution in [0.4, 0.5) is 4.39 Å². The number of methoxy groups -OCH3 is 2. The number of carbonyl (C=O) groups excluding carboxylic acids is 1. The number of halogens is 1. The molecule has 8 heteroatoms. The number of hydrogen-bond acceptors (Lipinski definition) is 5. The third-order valence-electron chi connectivity index (χ3n) is 4.88. The second kappa shape index (κ2) is 7.92. The van der Waals surface area contributed by atoms with Gasteiger partial charge < -0.3 is 14.8 Å². The van der Waals surface area contributed by atoms with Crippen LogP contribution in [0.5, 0.6) is 11.5 Å². The SMILES string of the molecule is COc1ccc(CN[C@H]2CNC(=O)c3cc(-c4ccc(F)cc4)nn32)c(OC)c1. The molecule has 1 atom stereocenters. The summed E-state index contributed by atoms with van der Waals surface area (Å²) >= 11 is 0. The zero-order valence-corrected chi connectivity index (χ0v) is 16.1. The van der Waals surface area contributed by atoms with Crippen LogP contribution >= 0.6 is 0 Å². The number of ether oxygens (including phenoxy) is 2. The minimum absolute atomic E-state index is 0.189. The Hall–Kier alpha value is -3.39. The summed E-state index contributed by atoms with van der Waals surface area (Å²) in [6, 6.07) is 13.4. The van der Waals surface area contributed by atoms with E-state index in [1.807, 2.05) is 18.2 Å². The van der Waals surface area contributed by atoms with Crippen molar-refractivity contribution in [1.82, 2.24) is 20.4 Å². The summed E-state index contributed by atoms with van der Waals surface area (Å²) in [6.45, 7) is 0.910. The van der Waals surface area contributed by atoms with Crippen LogP contribution in [0, 0.1) is 5.82 Å². The van der Waals surface area contributed by atoms with Crippen LogP contribution in [-0.4, -0.2) is 36.5 Å². The normalized spacial score (nSPS) is 15.6. The molecule has 0 fully saturated rings. The number of benzene rings is 2. The Bertz CT molecular complexity index is 1030. The van der Waals surface area contributed by atoms with Crippen molar-refractivity contribution in [2.75, 3.05) is 20.8 Å². The predicted molar refractivity (Wildman–Crippen MR) is 105 cm³/mol. The number of fused-ring (bicyclic) bond motifs is 1. The molecule has 2 N–H and O–H groups in total. The quantitative estimate of drug-likeness (QED) is 0.670. The first-order valence-corrected chi connectivity index (χ1v) is 9.17. The van der Waals surface area contributed by atoms with E-state index in [9.17, 15) is 9.18 Å². The molecular formula is C21H21FN4O3. The lowest BCUT2D eigenvalue weighted by molar-refractivity contribution is 0.0900. The third kappa shape index (κ3) is 3.79. The molecule has 1 aromatic heterocycles. The van der Waals surface area contributed by atoms with Crippen LogP contribution in [-0.2, 0) is 6.54 Å². The molecular weight excluding hydrogens is 375 g/mol. The number of rotatable bonds is 6. The van der Waals surface area contributed by atoms with Gasteiger partial charge in [-0.1, -0.05) is 6.07 Å². The number of nitrogens with one attached hydrogen (secondary N) is 2. The molecule has 1 amide bonds. The van der Waals surface area contributed by atoms with Crippen LogP contribution in [0.2, 0.25) is 0 Å². The van der Waals surface area contributed by atoms with Crippen LogP contribution in [0.3, 0.4) is 0 Å². The Morgan fingerprint density at radius 1 is 1.17 bits per heavy atom. The topological polar surface area (TPSA) is 77.4 Å². The fraction of sp³-hybridized carbons (Fsp3) is 0.238. The Morgan fingerprint density at radius 2 is 1.97 bits per heavy atom. The number of aromatic nitrogens is 2. The summed E-state index contributed by atoms with van der Waals surface area (Å²) in [5.74, 6) is 0.924. The molecule has 1 aliphatic rings. The Balaban J connectivity index is 1.57. The molecule has 0 saturated heterocycles. The van der Waals surface area contributed by atoms with E-state index >= 15 is 0 Å². The molecule has 0 aliphatic carbocycles. The zero-order chi connectivity index (χ0) is 20.4. The first kappa shape index (κ1) is 18.9. The van der Waals surface area contributed by atoms with Crippen molar-refractivity contribution in [2.24, 2.45) is 0 Å². The predicted octanol–water partition coefficient (Wildman–Crippen LogP) is 2.74. The van der Waals surface area contributed by atoms with Crippen molar-refractivity contribution in [3.8, 4) is 22.8 Å². The monoisotopic (exact) mass is 396 g/mol. The van der Waals surface area contributed by atoms with Gasteiger partial charge in [-0.25, -0.2) is 9.07 Å². The average Bonchev–Trinajstić information content (AvgIpc) is 3.20. The fourth-order valence-electron chi connectivity index (χ4n) is 3.31. The molecule has 0 bridgehead atoms. The van der Waals surface area contributed by atoms with Crippen molar-refractivity contribution >= 4 is 5.91 Å². The van der Waals surface area contributed by atoms with E-state index in [0.717, 1.165) is 11.1 Å². The molecule has 2 aromatic carbocycles. The molecule has 1 aliphatic heterocycles. The van der Waals surface area contributed by atoms with Crippen molar-refractivity contribution in [2.45, 2.75) is 12.7 Å². The van der Waals surface area contributed by atoms with Crippen LogP contribution < -0.4 is 20.1 Å². The zero-order valence-electron chi connectivity index (χ0n) is 16.1. The molecule has 4 rings (SSSR count). The number of carbonyl (C=O) groups is 1. The molecule has 3 aromatic rings. The summed E-state index contributed by atoms with van der Waals surface area (Å²) in [6.07, 6.45) is -0.233. The molecule has 0 spiro atoms. The first-order chi connectivity index (χ1) is 14.1. The van der Waals surface area contributed by atoms with E-state index in [0.29, 0.717) is 36.0 Å². The minimum atomic E-state index is -0.316.